The lowest BCUT2D eigenvalue weighted by Crippen LogP contribution is -2.41. The first-order valence-corrected chi connectivity index (χ1v) is 13.1. The Bertz CT molecular complexity index is 1460. The molecule has 1 aliphatic heterocycles. The zero-order chi connectivity index (χ0) is 27.4. The maximum absolute atomic E-state index is 14.2. The fourth-order valence-electron chi connectivity index (χ4n) is 4.90. The van der Waals surface area contributed by atoms with E-state index in [0.29, 0.717) is 36.6 Å². The van der Waals surface area contributed by atoms with Crippen molar-refractivity contribution in [1.82, 2.24) is 4.90 Å². The second-order valence-electron chi connectivity index (χ2n) is 10.1. The van der Waals surface area contributed by atoms with Gasteiger partial charge in [-0.15, -0.1) is 0 Å². The van der Waals surface area contributed by atoms with E-state index >= 15 is 0 Å². The van der Waals surface area contributed by atoms with E-state index < -0.39 is 6.04 Å². The zero-order valence-electron chi connectivity index (χ0n) is 22.0. The van der Waals surface area contributed by atoms with Crippen molar-refractivity contribution in [1.29, 1.82) is 0 Å². The number of amides is 2. The second kappa shape index (κ2) is 11.6. The Morgan fingerprint density at radius 1 is 1.03 bits per heavy atom. The molecule has 0 bridgehead atoms. The minimum atomic E-state index is -0.406. The number of anilines is 1. The highest BCUT2D eigenvalue weighted by atomic mass is 19.1. The van der Waals surface area contributed by atoms with Gasteiger partial charge in [0, 0.05) is 18.7 Å². The van der Waals surface area contributed by atoms with E-state index in [4.69, 9.17) is 9.15 Å². The summed E-state index contributed by atoms with van der Waals surface area (Å²) < 4.78 is 26.0. The predicted octanol–water partition coefficient (Wildman–Crippen LogP) is 6.77. The average molecular weight is 527 g/mol. The van der Waals surface area contributed by atoms with Crippen molar-refractivity contribution in [3.63, 3.8) is 0 Å². The molecule has 0 aliphatic carbocycles. The number of rotatable bonds is 8. The molecule has 0 saturated heterocycles. The minimum Gasteiger partial charge on any atom is -0.486 e. The van der Waals surface area contributed by atoms with Crippen LogP contribution in [0.2, 0.25) is 0 Å². The molecule has 1 N–H and O–H groups in total. The number of carbonyl (C=O) groups is 2. The highest BCUT2D eigenvalue weighted by Gasteiger charge is 2.32. The van der Waals surface area contributed by atoms with Gasteiger partial charge in [0.2, 0.25) is 5.91 Å². The highest BCUT2D eigenvalue weighted by Crippen LogP contribution is 2.38. The highest BCUT2D eigenvalue weighted by molar-refractivity contribution is 6.02. The molecule has 200 valence electrons. The minimum absolute atomic E-state index is 0.0492. The molecule has 0 fully saturated rings. The molecule has 0 spiro atoms. The van der Waals surface area contributed by atoms with E-state index in [1.54, 1.807) is 30.3 Å². The topological polar surface area (TPSA) is 71.8 Å². The van der Waals surface area contributed by atoms with Gasteiger partial charge in [0.1, 0.15) is 23.9 Å². The summed E-state index contributed by atoms with van der Waals surface area (Å²) >= 11 is 0. The molecule has 1 aromatic heterocycles. The molecule has 3 aromatic carbocycles. The molecule has 39 heavy (non-hydrogen) atoms. The number of para-hydroxylation sites is 1. The number of hydrogen-bond acceptors (Lipinski definition) is 4. The van der Waals surface area contributed by atoms with Gasteiger partial charge in [0.25, 0.3) is 5.91 Å². The molecule has 1 unspecified atom stereocenters. The third kappa shape index (κ3) is 6.20. The Morgan fingerprint density at radius 3 is 2.62 bits per heavy atom. The summed E-state index contributed by atoms with van der Waals surface area (Å²) in [6.07, 6.45) is 1.14. The fraction of sp³-hybridized carbons (Fsp3) is 0.250. The maximum Gasteiger partial charge on any atom is 0.291 e. The zero-order valence-corrected chi connectivity index (χ0v) is 22.0. The lowest BCUT2D eigenvalue weighted by atomic mass is 9.87. The molecule has 2 heterocycles. The number of furan rings is 1. The van der Waals surface area contributed by atoms with Gasteiger partial charge in [0.05, 0.1) is 6.04 Å². The largest absolute Gasteiger partial charge is 0.486 e. The number of fused-ring (bicyclic) bond motifs is 1. The average Bonchev–Trinajstić information content (AvgIpc) is 3.41. The number of hydrogen-bond donors (Lipinski definition) is 1. The molecule has 7 heteroatoms. The van der Waals surface area contributed by atoms with Gasteiger partial charge in [0.15, 0.2) is 5.76 Å². The van der Waals surface area contributed by atoms with Crippen LogP contribution >= 0.6 is 0 Å². The third-order valence-electron chi connectivity index (χ3n) is 6.71. The summed E-state index contributed by atoms with van der Waals surface area (Å²) in [5, 5.41) is 2.80. The van der Waals surface area contributed by atoms with Crippen LogP contribution in [0.5, 0.6) is 5.75 Å². The first-order chi connectivity index (χ1) is 18.9. The smallest absolute Gasteiger partial charge is 0.291 e. The van der Waals surface area contributed by atoms with E-state index in [2.05, 4.69) is 5.32 Å². The van der Waals surface area contributed by atoms with Crippen LogP contribution in [0, 0.1) is 11.7 Å². The SMILES string of the molecule is CC(C)CC(=O)N1CCc2ccc(OCc3ccc(C(=O)Nc4ccccc4)o3)cc2C1c1cccc(F)c1. The van der Waals surface area contributed by atoms with Gasteiger partial charge < -0.3 is 19.4 Å². The van der Waals surface area contributed by atoms with Crippen LogP contribution in [0.1, 0.15) is 59.3 Å². The predicted molar refractivity (Wildman–Crippen MR) is 147 cm³/mol. The van der Waals surface area contributed by atoms with Crippen molar-refractivity contribution in [3.8, 4) is 5.75 Å². The monoisotopic (exact) mass is 526 g/mol. The molecule has 4 aromatic rings. The number of benzene rings is 3. The number of carbonyl (C=O) groups excluding carboxylic acids is 2. The Morgan fingerprint density at radius 2 is 1.85 bits per heavy atom. The van der Waals surface area contributed by atoms with Gasteiger partial charge in [-0.1, -0.05) is 50.2 Å². The molecule has 1 aliphatic rings. The number of nitrogens with zero attached hydrogens (tertiary/aromatic N) is 1. The van der Waals surface area contributed by atoms with Crippen LogP contribution < -0.4 is 10.1 Å². The van der Waals surface area contributed by atoms with Crippen LogP contribution in [-0.2, 0) is 17.8 Å². The molecular formula is C32H31FN2O4. The van der Waals surface area contributed by atoms with Gasteiger partial charge in [-0.2, -0.15) is 0 Å². The van der Waals surface area contributed by atoms with Gasteiger partial charge in [-0.3, -0.25) is 9.59 Å². The van der Waals surface area contributed by atoms with Crippen LogP contribution in [0.25, 0.3) is 0 Å². The Kier molecular flexibility index (Phi) is 7.77. The van der Waals surface area contributed by atoms with Crippen LogP contribution in [0.3, 0.4) is 0 Å². The summed E-state index contributed by atoms with van der Waals surface area (Å²) in [6, 6.07) is 24.3. The van der Waals surface area contributed by atoms with Crippen molar-refractivity contribution < 1.29 is 23.1 Å². The first-order valence-electron chi connectivity index (χ1n) is 13.1. The van der Waals surface area contributed by atoms with Gasteiger partial charge >= 0.3 is 0 Å². The van der Waals surface area contributed by atoms with Gasteiger partial charge in [-0.05, 0) is 77.6 Å². The molecule has 0 saturated carbocycles. The lowest BCUT2D eigenvalue weighted by molar-refractivity contribution is -0.134. The molecular weight excluding hydrogens is 495 g/mol. The summed E-state index contributed by atoms with van der Waals surface area (Å²) in [7, 11) is 0. The van der Waals surface area contributed by atoms with E-state index in [1.165, 1.54) is 12.1 Å². The number of ether oxygens (including phenoxy) is 1. The summed E-state index contributed by atoms with van der Waals surface area (Å²) in [6.45, 7) is 4.73. The maximum atomic E-state index is 14.2. The standard InChI is InChI=1S/C32H31FN2O4/c1-21(2)17-30(36)35-16-15-22-11-12-26(19-28(22)31(35)23-7-6-8-24(33)18-23)38-20-27-13-14-29(39-27)32(37)34-25-9-4-3-5-10-25/h3-14,18-19,21,31H,15-17,20H2,1-2H3,(H,34,37). The Hall–Kier alpha value is -4.39. The summed E-state index contributed by atoms with van der Waals surface area (Å²) in [4.78, 5) is 27.6. The number of halogens is 1. The van der Waals surface area contributed by atoms with Crippen LogP contribution in [0.4, 0.5) is 10.1 Å². The van der Waals surface area contributed by atoms with E-state index in [-0.39, 0.29) is 35.9 Å². The molecule has 5 rings (SSSR count). The lowest BCUT2D eigenvalue weighted by Gasteiger charge is -2.38. The van der Waals surface area contributed by atoms with E-state index in [1.807, 2.05) is 61.2 Å². The molecule has 2 amide bonds. The fourth-order valence-corrected chi connectivity index (χ4v) is 4.90. The molecule has 0 radical (unpaired) electrons. The molecule has 1 atom stereocenters. The molecule has 6 nitrogen and oxygen atoms in total. The first kappa shape index (κ1) is 26.2. The van der Waals surface area contributed by atoms with Crippen molar-refractivity contribution >= 4 is 17.5 Å². The van der Waals surface area contributed by atoms with Crippen molar-refractivity contribution in [3.05, 3.63) is 119 Å². The van der Waals surface area contributed by atoms with Crippen molar-refractivity contribution in [2.24, 2.45) is 5.92 Å². The van der Waals surface area contributed by atoms with Crippen LogP contribution in [-0.4, -0.2) is 23.3 Å². The van der Waals surface area contributed by atoms with E-state index in [0.717, 1.165) is 16.7 Å². The number of nitrogens with one attached hydrogen (secondary N) is 1. The van der Waals surface area contributed by atoms with Crippen molar-refractivity contribution in [2.45, 2.75) is 39.3 Å². The third-order valence-corrected chi connectivity index (χ3v) is 6.71. The second-order valence-corrected chi connectivity index (χ2v) is 10.1. The van der Waals surface area contributed by atoms with Gasteiger partial charge in [-0.25, -0.2) is 4.39 Å². The van der Waals surface area contributed by atoms with Crippen LogP contribution in [0.15, 0.2) is 89.3 Å². The Balaban J connectivity index is 1.35. The van der Waals surface area contributed by atoms with Crippen molar-refractivity contribution in [2.75, 3.05) is 11.9 Å². The summed E-state index contributed by atoms with van der Waals surface area (Å²) in [5.74, 6) is 0.871. The van der Waals surface area contributed by atoms with E-state index in [9.17, 15) is 14.0 Å². The normalized spacial score (nSPS) is 14.7. The quantitative estimate of drug-likeness (QED) is 0.275. The Labute approximate surface area is 227 Å². The summed E-state index contributed by atoms with van der Waals surface area (Å²) in [5.41, 5.74) is 3.43.